The summed E-state index contributed by atoms with van der Waals surface area (Å²) in [5.41, 5.74) is 1.63. The van der Waals surface area contributed by atoms with Gasteiger partial charge in [-0.2, -0.15) is 0 Å². The van der Waals surface area contributed by atoms with Crippen LogP contribution in [0.1, 0.15) is 50.7 Å². The number of benzene rings is 1. The Balaban J connectivity index is 2.61. The molecule has 1 aromatic heterocycles. The number of hydrogen-bond donors (Lipinski definition) is 1. The van der Waals surface area contributed by atoms with Gasteiger partial charge in [0.15, 0.2) is 0 Å². The number of nitrogens with one attached hydrogen (secondary N) is 1. The minimum absolute atomic E-state index is 0.0525. The van der Waals surface area contributed by atoms with Crippen LogP contribution >= 0.6 is 22.6 Å². The van der Waals surface area contributed by atoms with Gasteiger partial charge in [-0.25, -0.2) is 4.98 Å². The lowest BCUT2D eigenvalue weighted by Gasteiger charge is -2.25. The molecule has 0 bridgehead atoms. The van der Waals surface area contributed by atoms with Crippen LogP contribution in [0.15, 0.2) is 35.1 Å². The SMILES string of the molecule is CC(C)c1nc(C(C)(C)c2ccccc2)[nH]c(=O)c1I. The van der Waals surface area contributed by atoms with Gasteiger partial charge in [-0.15, -0.1) is 0 Å². The van der Waals surface area contributed by atoms with Crippen LogP contribution in [0.5, 0.6) is 0 Å². The van der Waals surface area contributed by atoms with Crippen LogP contribution < -0.4 is 5.56 Å². The first-order valence-electron chi connectivity index (χ1n) is 6.69. The highest BCUT2D eigenvalue weighted by atomic mass is 127. The second kappa shape index (κ2) is 5.68. The van der Waals surface area contributed by atoms with Gasteiger partial charge in [0, 0.05) is 5.41 Å². The Hall–Kier alpha value is -1.17. The molecule has 0 radical (unpaired) electrons. The summed E-state index contributed by atoms with van der Waals surface area (Å²) >= 11 is 2.07. The maximum atomic E-state index is 12.1. The molecule has 3 nitrogen and oxygen atoms in total. The van der Waals surface area contributed by atoms with Crippen molar-refractivity contribution in [2.24, 2.45) is 0 Å². The van der Waals surface area contributed by atoms with Crippen molar-refractivity contribution < 1.29 is 0 Å². The molecule has 1 N–H and O–H groups in total. The van der Waals surface area contributed by atoms with E-state index in [0.29, 0.717) is 3.57 Å². The Morgan fingerprint density at radius 2 is 1.80 bits per heavy atom. The van der Waals surface area contributed by atoms with Crippen molar-refractivity contribution in [2.45, 2.75) is 39.0 Å². The zero-order valence-electron chi connectivity index (χ0n) is 12.2. The first kappa shape index (κ1) is 15.2. The highest BCUT2D eigenvalue weighted by molar-refractivity contribution is 14.1. The monoisotopic (exact) mass is 382 g/mol. The van der Waals surface area contributed by atoms with Crippen molar-refractivity contribution in [3.05, 3.63) is 61.3 Å². The predicted octanol–water partition coefficient (Wildman–Crippen LogP) is 3.82. The van der Waals surface area contributed by atoms with E-state index < -0.39 is 0 Å². The van der Waals surface area contributed by atoms with Gasteiger partial charge < -0.3 is 4.98 Å². The van der Waals surface area contributed by atoms with E-state index in [1.165, 1.54) is 0 Å². The molecule has 1 heterocycles. The van der Waals surface area contributed by atoms with Gasteiger partial charge in [-0.3, -0.25) is 4.79 Å². The lowest BCUT2D eigenvalue weighted by Crippen LogP contribution is -2.29. The minimum atomic E-state index is -0.325. The summed E-state index contributed by atoms with van der Waals surface area (Å²) in [7, 11) is 0. The van der Waals surface area contributed by atoms with Gasteiger partial charge in [0.2, 0.25) is 0 Å². The Morgan fingerprint density at radius 1 is 1.20 bits per heavy atom. The van der Waals surface area contributed by atoms with Crippen LogP contribution in [-0.2, 0) is 5.41 Å². The van der Waals surface area contributed by atoms with Crippen LogP contribution in [0.25, 0.3) is 0 Å². The van der Waals surface area contributed by atoms with Crippen LogP contribution in [0.3, 0.4) is 0 Å². The molecule has 0 saturated carbocycles. The Bertz CT molecular complexity index is 660. The van der Waals surface area contributed by atoms with Crippen molar-refractivity contribution >= 4 is 22.6 Å². The Kier molecular flexibility index (Phi) is 4.32. The zero-order valence-corrected chi connectivity index (χ0v) is 14.4. The second-order valence-corrected chi connectivity index (χ2v) is 6.84. The topological polar surface area (TPSA) is 45.8 Å². The molecule has 1 aromatic carbocycles. The van der Waals surface area contributed by atoms with Crippen molar-refractivity contribution in [1.29, 1.82) is 0 Å². The van der Waals surface area contributed by atoms with Crippen molar-refractivity contribution in [3.63, 3.8) is 0 Å². The average molecular weight is 382 g/mol. The molecule has 2 aromatic rings. The van der Waals surface area contributed by atoms with Gasteiger partial charge in [0.05, 0.1) is 9.26 Å². The number of halogens is 1. The van der Waals surface area contributed by atoms with Gasteiger partial charge in [0.1, 0.15) is 5.82 Å². The van der Waals surface area contributed by atoms with Crippen LogP contribution in [0, 0.1) is 3.57 Å². The normalized spacial score (nSPS) is 11.9. The quantitative estimate of drug-likeness (QED) is 0.821. The summed E-state index contributed by atoms with van der Waals surface area (Å²) in [5.74, 6) is 0.951. The molecule has 2 rings (SSSR count). The van der Waals surface area contributed by atoms with Gasteiger partial charge in [0.25, 0.3) is 5.56 Å². The highest BCUT2D eigenvalue weighted by Gasteiger charge is 2.27. The summed E-state index contributed by atoms with van der Waals surface area (Å²) in [6.07, 6.45) is 0. The molecule has 0 aliphatic rings. The number of hydrogen-bond acceptors (Lipinski definition) is 2. The first-order valence-corrected chi connectivity index (χ1v) is 7.77. The molecule has 0 amide bonds. The molecule has 0 aliphatic carbocycles. The fourth-order valence-electron chi connectivity index (χ4n) is 2.15. The third-order valence-electron chi connectivity index (χ3n) is 3.52. The summed E-state index contributed by atoms with van der Waals surface area (Å²) in [5, 5.41) is 0. The molecule has 4 heteroatoms. The highest BCUT2D eigenvalue weighted by Crippen LogP contribution is 2.29. The maximum absolute atomic E-state index is 12.1. The van der Waals surface area contributed by atoms with E-state index in [-0.39, 0.29) is 16.9 Å². The van der Waals surface area contributed by atoms with Gasteiger partial charge in [-0.05, 0) is 47.9 Å². The lowest BCUT2D eigenvalue weighted by molar-refractivity contribution is 0.575. The Labute approximate surface area is 133 Å². The summed E-state index contributed by atoms with van der Waals surface area (Å²) < 4.78 is 0.685. The predicted molar refractivity (Wildman–Crippen MR) is 90.2 cm³/mol. The van der Waals surface area contributed by atoms with Crippen LogP contribution in [0.2, 0.25) is 0 Å². The number of aromatic amines is 1. The molecule has 0 saturated heterocycles. The van der Waals surface area contributed by atoms with Crippen molar-refractivity contribution in [3.8, 4) is 0 Å². The second-order valence-electron chi connectivity index (χ2n) is 5.76. The fourth-order valence-corrected chi connectivity index (χ4v) is 3.02. The van der Waals surface area contributed by atoms with Gasteiger partial charge >= 0.3 is 0 Å². The molecular formula is C16H19IN2O. The van der Waals surface area contributed by atoms with E-state index in [2.05, 4.69) is 67.4 Å². The molecule has 0 spiro atoms. The first-order chi connectivity index (χ1) is 9.34. The Morgan fingerprint density at radius 3 is 2.35 bits per heavy atom. The molecule has 0 unspecified atom stereocenters. The summed E-state index contributed by atoms with van der Waals surface area (Å²) in [6, 6.07) is 10.1. The van der Waals surface area contributed by atoms with Crippen molar-refractivity contribution in [2.75, 3.05) is 0 Å². The third kappa shape index (κ3) is 2.80. The molecule has 0 fully saturated rings. The molecule has 106 valence electrons. The smallest absolute Gasteiger partial charge is 0.264 e. The van der Waals surface area contributed by atoms with E-state index in [4.69, 9.17) is 4.98 Å². The van der Waals surface area contributed by atoms with E-state index >= 15 is 0 Å². The van der Waals surface area contributed by atoms with E-state index in [1.54, 1.807) is 0 Å². The summed E-state index contributed by atoms with van der Waals surface area (Å²) in [6.45, 7) is 8.28. The number of H-pyrrole nitrogens is 1. The minimum Gasteiger partial charge on any atom is -0.309 e. The molecule has 0 atom stereocenters. The standard InChI is InChI=1S/C16H19IN2O/c1-10(2)13-12(17)14(20)19-15(18-13)16(3,4)11-8-6-5-7-9-11/h5-10H,1-4H3,(H,18,19,20). The van der Waals surface area contributed by atoms with Crippen LogP contribution in [0.4, 0.5) is 0 Å². The molecule has 0 aliphatic heterocycles. The zero-order chi connectivity index (χ0) is 14.9. The largest absolute Gasteiger partial charge is 0.309 e. The third-order valence-corrected chi connectivity index (χ3v) is 4.57. The van der Waals surface area contributed by atoms with Crippen molar-refractivity contribution in [1.82, 2.24) is 9.97 Å². The number of nitrogens with zero attached hydrogens (tertiary/aromatic N) is 1. The summed E-state index contributed by atoms with van der Waals surface area (Å²) in [4.78, 5) is 19.8. The van der Waals surface area contributed by atoms with Gasteiger partial charge in [-0.1, -0.05) is 44.2 Å². The van der Waals surface area contributed by atoms with Crippen LogP contribution in [-0.4, -0.2) is 9.97 Å². The van der Waals surface area contributed by atoms with E-state index in [0.717, 1.165) is 17.1 Å². The number of rotatable bonds is 3. The fraction of sp³-hybridized carbons (Fsp3) is 0.375. The number of aromatic nitrogens is 2. The molecule has 20 heavy (non-hydrogen) atoms. The molecular weight excluding hydrogens is 363 g/mol. The maximum Gasteiger partial charge on any atom is 0.264 e. The van der Waals surface area contributed by atoms with E-state index in [1.807, 2.05) is 18.2 Å². The van der Waals surface area contributed by atoms with E-state index in [9.17, 15) is 4.79 Å². The lowest BCUT2D eigenvalue weighted by atomic mass is 9.83. The average Bonchev–Trinajstić information content (AvgIpc) is 2.42.